The van der Waals surface area contributed by atoms with Crippen LogP contribution in [0.15, 0.2) is 47.4 Å². The molecular weight excluding hydrogens is 419 g/mol. The number of hydrogen-bond acceptors (Lipinski definition) is 3. The summed E-state index contributed by atoms with van der Waals surface area (Å²) in [6.45, 7) is -0.478. The topological polar surface area (TPSA) is 57.7 Å². The number of rotatable bonds is 3. The van der Waals surface area contributed by atoms with Crippen molar-refractivity contribution >= 4 is 15.9 Å². The number of amides is 1. The molecule has 1 aliphatic heterocycles. The predicted molar refractivity (Wildman–Crippen MR) is 92.5 cm³/mol. The largest absolute Gasteiger partial charge is 0.416 e. The lowest BCUT2D eigenvalue weighted by Crippen LogP contribution is -2.50. The Balaban J connectivity index is 1.74. The number of hydrogen-bond donors (Lipinski definition) is 0. The van der Waals surface area contributed by atoms with Crippen LogP contribution >= 0.6 is 0 Å². The first-order chi connectivity index (χ1) is 13.5. The molecule has 0 aromatic heterocycles. The Morgan fingerprint density at radius 2 is 1.48 bits per heavy atom. The van der Waals surface area contributed by atoms with Gasteiger partial charge in [-0.15, -0.1) is 0 Å². The van der Waals surface area contributed by atoms with Crippen molar-refractivity contribution in [2.45, 2.75) is 11.1 Å². The van der Waals surface area contributed by atoms with Crippen LogP contribution in [0.5, 0.6) is 0 Å². The molecule has 3 rings (SSSR count). The maximum absolute atomic E-state index is 13.3. The van der Waals surface area contributed by atoms with E-state index in [4.69, 9.17) is 0 Å². The highest BCUT2D eigenvalue weighted by Crippen LogP contribution is 2.31. The molecule has 2 aromatic carbocycles. The SMILES string of the molecule is O=C(c1cc(F)cc(F)c1)N1CCN(S(=O)(=O)c2cccc(C(F)(F)F)c2)CC1. The van der Waals surface area contributed by atoms with Crippen LogP contribution in [-0.2, 0) is 16.2 Å². The molecule has 1 amide bonds. The van der Waals surface area contributed by atoms with E-state index < -0.39 is 44.2 Å². The zero-order chi connectivity index (χ0) is 21.4. The Morgan fingerprint density at radius 1 is 0.897 bits per heavy atom. The van der Waals surface area contributed by atoms with Gasteiger partial charge in [0.2, 0.25) is 10.0 Å². The molecule has 0 unspecified atom stereocenters. The molecule has 156 valence electrons. The number of alkyl halides is 3. The summed E-state index contributed by atoms with van der Waals surface area (Å²) >= 11 is 0. The molecule has 0 bridgehead atoms. The number of benzene rings is 2. The van der Waals surface area contributed by atoms with Gasteiger partial charge in [0.25, 0.3) is 5.91 Å². The Kier molecular flexibility index (Phi) is 5.63. The van der Waals surface area contributed by atoms with Gasteiger partial charge >= 0.3 is 6.18 Å². The van der Waals surface area contributed by atoms with E-state index >= 15 is 0 Å². The van der Waals surface area contributed by atoms with Crippen LogP contribution in [0.25, 0.3) is 0 Å². The van der Waals surface area contributed by atoms with E-state index in [1.165, 1.54) is 4.90 Å². The third-order valence-corrected chi connectivity index (χ3v) is 6.33. The summed E-state index contributed by atoms with van der Waals surface area (Å²) in [7, 11) is -4.20. The smallest absolute Gasteiger partial charge is 0.336 e. The Bertz CT molecular complexity index is 1010. The fraction of sp³-hybridized carbons (Fsp3) is 0.278. The highest BCUT2D eigenvalue weighted by molar-refractivity contribution is 7.89. The lowest BCUT2D eigenvalue weighted by Gasteiger charge is -2.34. The first-order valence-electron chi connectivity index (χ1n) is 8.41. The van der Waals surface area contributed by atoms with Crippen LogP contribution in [0, 0.1) is 11.6 Å². The monoisotopic (exact) mass is 434 g/mol. The van der Waals surface area contributed by atoms with E-state index in [-0.39, 0.29) is 31.7 Å². The van der Waals surface area contributed by atoms with Gasteiger partial charge in [-0.3, -0.25) is 4.79 Å². The molecule has 11 heteroatoms. The minimum absolute atomic E-state index is 0.0742. The molecular formula is C18H15F5N2O3S. The van der Waals surface area contributed by atoms with Gasteiger partial charge in [-0.05, 0) is 30.3 Å². The summed E-state index contributed by atoms with van der Waals surface area (Å²) in [6.07, 6.45) is -4.68. The molecule has 1 aliphatic rings. The standard InChI is InChI=1S/C18H15F5N2O3S/c19-14-8-12(9-15(20)11-14)17(26)24-4-6-25(7-5-24)29(27,28)16-3-1-2-13(10-16)18(21,22)23/h1-3,8-11H,4-7H2. The highest BCUT2D eigenvalue weighted by Gasteiger charge is 2.34. The quantitative estimate of drug-likeness (QED) is 0.698. The van der Waals surface area contributed by atoms with Crippen LogP contribution in [-0.4, -0.2) is 49.7 Å². The summed E-state index contributed by atoms with van der Waals surface area (Å²) in [5.41, 5.74) is -1.29. The molecule has 0 saturated carbocycles. The Hall–Kier alpha value is -2.53. The number of halogens is 5. The van der Waals surface area contributed by atoms with Crippen molar-refractivity contribution in [3.8, 4) is 0 Å². The first-order valence-corrected chi connectivity index (χ1v) is 9.85. The molecule has 1 saturated heterocycles. The van der Waals surface area contributed by atoms with Crippen molar-refractivity contribution in [3.63, 3.8) is 0 Å². The molecule has 29 heavy (non-hydrogen) atoms. The van der Waals surface area contributed by atoms with Crippen molar-refractivity contribution in [2.24, 2.45) is 0 Å². The maximum Gasteiger partial charge on any atom is 0.416 e. The lowest BCUT2D eigenvalue weighted by atomic mass is 10.1. The summed E-state index contributed by atoms with van der Waals surface area (Å²) in [5.74, 6) is -2.50. The molecule has 5 nitrogen and oxygen atoms in total. The van der Waals surface area contributed by atoms with Crippen molar-refractivity contribution in [1.82, 2.24) is 9.21 Å². The fourth-order valence-corrected chi connectivity index (χ4v) is 4.44. The van der Waals surface area contributed by atoms with Gasteiger partial charge in [0, 0.05) is 37.8 Å². The van der Waals surface area contributed by atoms with E-state index in [9.17, 15) is 35.2 Å². The Morgan fingerprint density at radius 3 is 2.03 bits per heavy atom. The molecule has 1 heterocycles. The number of piperazine rings is 1. The second kappa shape index (κ2) is 7.71. The Labute approximate surface area is 163 Å². The molecule has 0 radical (unpaired) electrons. The number of carbonyl (C=O) groups excluding carboxylic acids is 1. The average Bonchev–Trinajstić information content (AvgIpc) is 2.66. The average molecular weight is 434 g/mol. The van der Waals surface area contributed by atoms with Crippen molar-refractivity contribution in [3.05, 3.63) is 65.2 Å². The van der Waals surface area contributed by atoms with E-state index in [2.05, 4.69) is 0 Å². The van der Waals surface area contributed by atoms with Gasteiger partial charge in [-0.25, -0.2) is 17.2 Å². The molecule has 0 aliphatic carbocycles. The second-order valence-corrected chi connectivity index (χ2v) is 8.32. The molecule has 0 N–H and O–H groups in total. The molecule has 2 aromatic rings. The first kappa shape index (κ1) is 21.2. The van der Waals surface area contributed by atoms with Crippen molar-refractivity contribution < 1.29 is 35.2 Å². The van der Waals surface area contributed by atoms with E-state index in [1.807, 2.05) is 0 Å². The maximum atomic E-state index is 13.3. The lowest BCUT2D eigenvalue weighted by molar-refractivity contribution is -0.137. The van der Waals surface area contributed by atoms with Crippen LogP contribution in [0.2, 0.25) is 0 Å². The number of carbonyl (C=O) groups is 1. The highest BCUT2D eigenvalue weighted by atomic mass is 32.2. The normalized spacial score (nSPS) is 16.1. The number of nitrogens with zero attached hydrogens (tertiary/aromatic N) is 2. The summed E-state index contributed by atoms with van der Waals surface area (Å²) in [4.78, 5) is 13.1. The summed E-state index contributed by atoms with van der Waals surface area (Å²) < 4.78 is 91.4. The van der Waals surface area contributed by atoms with E-state index in [0.717, 1.165) is 34.6 Å². The van der Waals surface area contributed by atoms with Gasteiger partial charge in [0.15, 0.2) is 0 Å². The minimum Gasteiger partial charge on any atom is -0.336 e. The fourth-order valence-electron chi connectivity index (χ4n) is 2.97. The zero-order valence-corrected chi connectivity index (χ0v) is 15.6. The van der Waals surface area contributed by atoms with Gasteiger partial charge in [0.05, 0.1) is 10.5 Å². The van der Waals surface area contributed by atoms with Gasteiger partial charge in [0.1, 0.15) is 11.6 Å². The third-order valence-electron chi connectivity index (χ3n) is 4.43. The molecule has 0 spiro atoms. The van der Waals surface area contributed by atoms with Crippen LogP contribution in [0.3, 0.4) is 0 Å². The minimum atomic E-state index is -4.68. The van der Waals surface area contributed by atoms with Gasteiger partial charge < -0.3 is 4.90 Å². The van der Waals surface area contributed by atoms with Crippen LogP contribution in [0.4, 0.5) is 22.0 Å². The second-order valence-electron chi connectivity index (χ2n) is 6.38. The predicted octanol–water partition coefficient (Wildman–Crippen LogP) is 3.13. The van der Waals surface area contributed by atoms with Crippen molar-refractivity contribution in [1.29, 1.82) is 0 Å². The third kappa shape index (κ3) is 4.56. The molecule has 1 fully saturated rings. The summed E-state index contributed by atoms with van der Waals surface area (Å²) in [6, 6.07) is 5.77. The van der Waals surface area contributed by atoms with Gasteiger partial charge in [-0.1, -0.05) is 6.07 Å². The summed E-state index contributed by atoms with van der Waals surface area (Å²) in [5, 5.41) is 0. The van der Waals surface area contributed by atoms with Crippen LogP contribution < -0.4 is 0 Å². The van der Waals surface area contributed by atoms with Crippen molar-refractivity contribution in [2.75, 3.05) is 26.2 Å². The molecule has 0 atom stereocenters. The van der Waals surface area contributed by atoms with Crippen LogP contribution in [0.1, 0.15) is 15.9 Å². The number of sulfonamides is 1. The van der Waals surface area contributed by atoms with Gasteiger partial charge in [-0.2, -0.15) is 17.5 Å². The van der Waals surface area contributed by atoms with E-state index in [0.29, 0.717) is 12.1 Å². The van der Waals surface area contributed by atoms with E-state index in [1.54, 1.807) is 0 Å². The zero-order valence-electron chi connectivity index (χ0n) is 14.8.